The van der Waals surface area contributed by atoms with Crippen molar-refractivity contribution in [2.75, 3.05) is 11.3 Å². The predicted molar refractivity (Wildman–Crippen MR) is 166 cm³/mol. The third-order valence-corrected chi connectivity index (χ3v) is 8.81. The van der Waals surface area contributed by atoms with Crippen molar-refractivity contribution in [1.82, 2.24) is 9.88 Å². The minimum absolute atomic E-state index is 0.153. The summed E-state index contributed by atoms with van der Waals surface area (Å²) in [6.45, 7) is 4.94. The van der Waals surface area contributed by atoms with E-state index in [-0.39, 0.29) is 34.9 Å². The Hall–Kier alpha value is -4.19. The smallest absolute Gasteiger partial charge is 0.335 e. The van der Waals surface area contributed by atoms with Gasteiger partial charge in [-0.1, -0.05) is 30.3 Å². The van der Waals surface area contributed by atoms with Gasteiger partial charge in [0, 0.05) is 47.8 Å². The summed E-state index contributed by atoms with van der Waals surface area (Å²) in [6, 6.07) is 19.8. The molecule has 6 N–H and O–H groups in total. The number of hydrogen-bond donors (Lipinski definition) is 5. The molecule has 0 unspecified atom stereocenters. The molecule has 0 radical (unpaired) electrons. The second-order valence-corrected chi connectivity index (χ2v) is 13.0. The van der Waals surface area contributed by atoms with Crippen LogP contribution in [0.4, 0.5) is 5.69 Å². The lowest BCUT2D eigenvalue weighted by atomic mass is 9.99. The number of rotatable bonds is 15. The van der Waals surface area contributed by atoms with E-state index < -0.39 is 22.1 Å². The number of fused-ring (bicyclic) bond motifs is 1. The number of nitrogens with two attached hydrogens (primary N) is 1. The first kappa shape index (κ1) is 31.7. The van der Waals surface area contributed by atoms with Crippen molar-refractivity contribution in [2.45, 2.75) is 62.6 Å². The molecule has 43 heavy (non-hydrogen) atoms. The Balaban J connectivity index is 1.40. The number of sulfonamides is 1. The molecule has 228 valence electrons. The van der Waals surface area contributed by atoms with E-state index in [1.165, 1.54) is 12.1 Å². The first-order valence-electron chi connectivity index (χ1n) is 14.1. The lowest BCUT2D eigenvalue weighted by molar-refractivity contribution is -0.118. The molecule has 1 heterocycles. The van der Waals surface area contributed by atoms with E-state index >= 15 is 0 Å². The van der Waals surface area contributed by atoms with Crippen LogP contribution in [0.2, 0.25) is 0 Å². The molecule has 1 amide bonds. The Kier molecular flexibility index (Phi) is 9.90. The number of aromatic carboxylic acids is 1. The molecule has 10 nitrogen and oxygen atoms in total. The van der Waals surface area contributed by atoms with Crippen LogP contribution < -0.4 is 15.8 Å². The number of β-amino-alcohol motifs (C(OH)–C–C–N with tert-alkyl or cyclic N) is 1. The van der Waals surface area contributed by atoms with Gasteiger partial charge in [0.05, 0.1) is 16.6 Å². The number of primary amides is 1. The number of hydrogen-bond acceptors (Lipinski definition) is 6. The molecular formula is C32H38N4O6S. The van der Waals surface area contributed by atoms with Gasteiger partial charge in [0.15, 0.2) is 0 Å². The van der Waals surface area contributed by atoms with Gasteiger partial charge < -0.3 is 25.8 Å². The average molecular weight is 607 g/mol. The summed E-state index contributed by atoms with van der Waals surface area (Å²) in [4.78, 5) is 22.9. The van der Waals surface area contributed by atoms with Gasteiger partial charge in [-0.05, 0) is 86.7 Å². The van der Waals surface area contributed by atoms with Crippen molar-refractivity contribution in [3.8, 4) is 0 Å². The molecule has 11 heteroatoms. The van der Waals surface area contributed by atoms with E-state index in [2.05, 4.69) is 14.6 Å². The van der Waals surface area contributed by atoms with E-state index in [0.29, 0.717) is 37.1 Å². The van der Waals surface area contributed by atoms with Gasteiger partial charge in [0.1, 0.15) is 0 Å². The molecule has 0 bridgehead atoms. The standard InChI is InChI=1S/C32H38N4O6S/c1-32(2,16-17-36-21-24(9-7-13-30(33)38)27-19-23(31(39)40)14-15-28(27)36)34-20-29(37)22-8-6-10-25(18-22)35-43(41,42)26-11-4-3-5-12-26/h3-6,8,10-12,14-15,18-19,21,29,34-35,37H,7,9,13,16-17,20H2,1-2H3,(H2,33,38)(H,39,40)/t29-/m1/s1. The van der Waals surface area contributed by atoms with Gasteiger partial charge in [-0.15, -0.1) is 0 Å². The van der Waals surface area contributed by atoms with Crippen molar-refractivity contribution in [2.24, 2.45) is 5.73 Å². The number of amides is 1. The number of aliphatic hydroxyl groups excluding tert-OH is 1. The summed E-state index contributed by atoms with van der Waals surface area (Å²) >= 11 is 0. The van der Waals surface area contributed by atoms with Crippen LogP contribution in [-0.4, -0.2) is 47.2 Å². The van der Waals surface area contributed by atoms with Crippen LogP contribution in [0.1, 0.15) is 60.7 Å². The van der Waals surface area contributed by atoms with Gasteiger partial charge in [-0.2, -0.15) is 0 Å². The molecular weight excluding hydrogens is 568 g/mol. The SMILES string of the molecule is CC(C)(CCn1cc(CCCC(N)=O)c2cc(C(=O)O)ccc21)NC[C@@H](O)c1cccc(NS(=O)(=O)c2ccccc2)c1. The predicted octanol–water partition coefficient (Wildman–Crippen LogP) is 4.44. The van der Waals surface area contributed by atoms with Crippen molar-refractivity contribution < 1.29 is 28.2 Å². The van der Waals surface area contributed by atoms with Crippen molar-refractivity contribution in [3.05, 3.63) is 95.7 Å². The first-order valence-corrected chi connectivity index (χ1v) is 15.6. The minimum Gasteiger partial charge on any atom is -0.478 e. The van der Waals surface area contributed by atoms with Gasteiger partial charge in [-0.25, -0.2) is 13.2 Å². The summed E-state index contributed by atoms with van der Waals surface area (Å²) in [5.74, 6) is -1.37. The van der Waals surface area contributed by atoms with E-state index in [9.17, 15) is 28.2 Å². The number of anilines is 1. The second kappa shape index (κ2) is 13.4. The Bertz CT molecular complexity index is 1700. The summed E-state index contributed by atoms with van der Waals surface area (Å²) < 4.78 is 30.1. The monoisotopic (exact) mass is 606 g/mol. The lowest BCUT2D eigenvalue weighted by Crippen LogP contribution is -2.42. The number of nitrogens with one attached hydrogen (secondary N) is 2. The molecule has 4 rings (SSSR count). The van der Waals surface area contributed by atoms with Gasteiger partial charge in [-0.3, -0.25) is 9.52 Å². The summed E-state index contributed by atoms with van der Waals surface area (Å²) in [7, 11) is -3.75. The molecule has 4 aromatic rings. The van der Waals surface area contributed by atoms with Gasteiger partial charge in [0.2, 0.25) is 5.91 Å². The van der Waals surface area contributed by atoms with Gasteiger partial charge in [0.25, 0.3) is 10.0 Å². The molecule has 0 spiro atoms. The molecule has 0 saturated heterocycles. The van der Waals surface area contributed by atoms with Crippen LogP contribution in [0.5, 0.6) is 0 Å². The van der Waals surface area contributed by atoms with Crippen molar-refractivity contribution in [3.63, 3.8) is 0 Å². The molecule has 1 aromatic heterocycles. The molecule has 0 aliphatic carbocycles. The average Bonchev–Trinajstić information content (AvgIpc) is 3.32. The normalized spacial score (nSPS) is 12.7. The van der Waals surface area contributed by atoms with Crippen molar-refractivity contribution in [1.29, 1.82) is 0 Å². The number of nitrogens with zero attached hydrogens (tertiary/aromatic N) is 1. The maximum Gasteiger partial charge on any atom is 0.335 e. The fraction of sp³-hybridized carbons (Fsp3) is 0.312. The second-order valence-electron chi connectivity index (χ2n) is 11.3. The summed E-state index contributed by atoms with van der Waals surface area (Å²) in [6.07, 6.45) is 3.26. The Morgan fingerprint density at radius 3 is 2.47 bits per heavy atom. The highest BCUT2D eigenvalue weighted by molar-refractivity contribution is 7.92. The molecule has 0 saturated carbocycles. The summed E-state index contributed by atoms with van der Waals surface area (Å²) in [5.41, 5.74) is 7.92. The van der Waals surface area contributed by atoms with E-state index in [1.807, 2.05) is 20.0 Å². The van der Waals surface area contributed by atoms with E-state index in [0.717, 1.165) is 16.5 Å². The number of aliphatic hydroxyl groups is 1. The number of benzene rings is 3. The highest BCUT2D eigenvalue weighted by Gasteiger charge is 2.21. The first-order chi connectivity index (χ1) is 20.3. The molecule has 0 fully saturated rings. The zero-order valence-electron chi connectivity index (χ0n) is 24.3. The maximum atomic E-state index is 12.7. The zero-order chi connectivity index (χ0) is 31.2. The number of carboxylic acid groups (broad SMARTS) is 1. The quantitative estimate of drug-likeness (QED) is 0.134. The number of carbonyl (C=O) groups is 2. The van der Waals surface area contributed by atoms with Crippen LogP contribution >= 0.6 is 0 Å². The molecule has 1 atom stereocenters. The Labute approximate surface area is 251 Å². The van der Waals surface area contributed by atoms with E-state index in [1.54, 1.807) is 60.7 Å². The fourth-order valence-corrected chi connectivity index (χ4v) is 6.01. The molecule has 0 aliphatic heterocycles. The largest absolute Gasteiger partial charge is 0.478 e. The van der Waals surface area contributed by atoms with E-state index in [4.69, 9.17) is 5.73 Å². The van der Waals surface area contributed by atoms with Crippen LogP contribution in [0.3, 0.4) is 0 Å². The lowest BCUT2D eigenvalue weighted by Gasteiger charge is -2.28. The molecule has 3 aromatic carbocycles. The van der Waals surface area contributed by atoms with Crippen LogP contribution in [-0.2, 0) is 27.8 Å². The van der Waals surface area contributed by atoms with Crippen LogP contribution in [0.15, 0.2) is 83.9 Å². The van der Waals surface area contributed by atoms with Crippen LogP contribution in [0.25, 0.3) is 10.9 Å². The maximum absolute atomic E-state index is 12.7. The van der Waals surface area contributed by atoms with Crippen LogP contribution in [0, 0.1) is 0 Å². The Morgan fingerprint density at radius 2 is 1.77 bits per heavy atom. The third kappa shape index (κ3) is 8.44. The number of carbonyl (C=O) groups excluding carboxylic acids is 1. The Morgan fingerprint density at radius 1 is 1.02 bits per heavy atom. The summed E-state index contributed by atoms with van der Waals surface area (Å²) in [5, 5.41) is 24.6. The zero-order valence-corrected chi connectivity index (χ0v) is 25.1. The highest BCUT2D eigenvalue weighted by Crippen LogP contribution is 2.27. The van der Waals surface area contributed by atoms with Gasteiger partial charge >= 0.3 is 5.97 Å². The van der Waals surface area contributed by atoms with Crippen molar-refractivity contribution >= 4 is 38.5 Å². The fourth-order valence-electron chi connectivity index (χ4n) is 4.94. The topological polar surface area (TPSA) is 164 Å². The number of aromatic nitrogens is 1. The third-order valence-electron chi connectivity index (χ3n) is 7.41. The molecule has 0 aliphatic rings. The minimum atomic E-state index is -3.75. The number of carboxylic acids is 1. The highest BCUT2D eigenvalue weighted by atomic mass is 32.2. The number of aryl methyl sites for hydroxylation is 2.